The summed E-state index contributed by atoms with van der Waals surface area (Å²) in [6.45, 7) is 6.70. The van der Waals surface area contributed by atoms with Gasteiger partial charge in [0.15, 0.2) is 0 Å². The summed E-state index contributed by atoms with van der Waals surface area (Å²) in [6, 6.07) is 8.47. The fourth-order valence-electron chi connectivity index (χ4n) is 1.50. The Labute approximate surface area is 95.6 Å². The molecule has 1 aromatic heterocycles. The minimum absolute atomic E-state index is 0.204. The molecule has 0 N–H and O–H groups in total. The molecule has 1 heterocycles. The zero-order valence-electron chi connectivity index (χ0n) is 8.60. The van der Waals surface area contributed by atoms with Crippen molar-refractivity contribution in [1.29, 1.82) is 0 Å². The predicted molar refractivity (Wildman–Crippen MR) is 64.6 cm³/mol. The number of benzene rings is 1. The first-order valence-corrected chi connectivity index (χ1v) is 6.77. The van der Waals surface area contributed by atoms with Crippen LogP contribution in [0.5, 0.6) is 0 Å². The molecule has 0 bridgehead atoms. The van der Waals surface area contributed by atoms with Gasteiger partial charge in [0, 0.05) is 0 Å². The van der Waals surface area contributed by atoms with Crippen molar-refractivity contribution < 1.29 is 0 Å². The van der Waals surface area contributed by atoms with Crippen molar-refractivity contribution in [2.24, 2.45) is 0 Å². The van der Waals surface area contributed by atoms with Crippen molar-refractivity contribution >= 4 is 35.8 Å². The van der Waals surface area contributed by atoms with Gasteiger partial charge in [-0.05, 0) is 0 Å². The van der Waals surface area contributed by atoms with E-state index in [1.54, 1.807) is 0 Å². The topological polar surface area (TPSA) is 0 Å². The first-order chi connectivity index (χ1) is 6.50. The molecule has 0 radical (unpaired) electrons. The van der Waals surface area contributed by atoms with E-state index in [1.165, 1.54) is 14.1 Å². The van der Waals surface area contributed by atoms with Crippen molar-refractivity contribution in [3.05, 3.63) is 33.7 Å². The molecule has 0 spiro atoms. The van der Waals surface area contributed by atoms with Crippen molar-refractivity contribution in [2.75, 3.05) is 0 Å². The summed E-state index contributed by atoms with van der Waals surface area (Å²) in [4.78, 5) is 0. The van der Waals surface area contributed by atoms with Crippen LogP contribution in [0.25, 0.3) is 9.65 Å². The van der Waals surface area contributed by atoms with E-state index < -0.39 is 0 Å². The van der Waals surface area contributed by atoms with Crippen LogP contribution in [0, 0.1) is 0 Å². The SMILES string of the molecule is CC(C)(C)c1[se]c2ccccc2c1Cl. The Morgan fingerprint density at radius 1 is 1.14 bits per heavy atom. The van der Waals surface area contributed by atoms with Gasteiger partial charge in [-0.3, -0.25) is 0 Å². The monoisotopic (exact) mass is 272 g/mol. The molecule has 0 saturated heterocycles. The van der Waals surface area contributed by atoms with E-state index in [9.17, 15) is 0 Å². The third-order valence-corrected chi connectivity index (χ3v) is 6.21. The molecule has 2 aromatic rings. The van der Waals surface area contributed by atoms with Gasteiger partial charge in [-0.1, -0.05) is 0 Å². The molecule has 0 aliphatic heterocycles. The second-order valence-electron chi connectivity index (χ2n) is 4.49. The molecule has 0 amide bonds. The average molecular weight is 272 g/mol. The van der Waals surface area contributed by atoms with E-state index in [4.69, 9.17) is 11.6 Å². The Kier molecular flexibility index (Phi) is 2.51. The second-order valence-corrected chi connectivity index (χ2v) is 7.08. The van der Waals surface area contributed by atoms with Crippen LogP contribution in [0.4, 0.5) is 0 Å². The van der Waals surface area contributed by atoms with Crippen LogP contribution in [0.1, 0.15) is 25.2 Å². The average Bonchev–Trinajstić information content (AvgIpc) is 2.44. The van der Waals surface area contributed by atoms with Crippen LogP contribution in [0.3, 0.4) is 0 Å². The van der Waals surface area contributed by atoms with E-state index in [1.807, 2.05) is 0 Å². The number of fused-ring (bicyclic) bond motifs is 1. The Bertz CT molecular complexity index is 463. The normalized spacial score (nSPS) is 12.3. The third kappa shape index (κ3) is 1.65. The quantitative estimate of drug-likeness (QED) is 0.639. The van der Waals surface area contributed by atoms with E-state index in [0.29, 0.717) is 14.5 Å². The van der Waals surface area contributed by atoms with Crippen molar-refractivity contribution in [2.45, 2.75) is 26.2 Å². The second kappa shape index (κ2) is 3.41. The molecule has 14 heavy (non-hydrogen) atoms. The van der Waals surface area contributed by atoms with Gasteiger partial charge in [0.1, 0.15) is 0 Å². The van der Waals surface area contributed by atoms with Crippen LogP contribution in [0.2, 0.25) is 5.02 Å². The molecular weight excluding hydrogens is 259 g/mol. The van der Waals surface area contributed by atoms with Gasteiger partial charge in [-0.2, -0.15) is 0 Å². The molecule has 0 atom stereocenters. The first kappa shape index (κ1) is 10.3. The van der Waals surface area contributed by atoms with Gasteiger partial charge in [0.2, 0.25) is 0 Å². The summed E-state index contributed by atoms with van der Waals surface area (Å²) in [7, 11) is 0. The number of rotatable bonds is 0. The zero-order valence-corrected chi connectivity index (χ0v) is 11.1. The Hall–Kier alpha value is -0.231. The molecule has 74 valence electrons. The summed E-state index contributed by atoms with van der Waals surface area (Å²) in [6.07, 6.45) is 0. The van der Waals surface area contributed by atoms with Crippen LogP contribution in [0.15, 0.2) is 24.3 Å². The molecular formula is C12H13ClSe. The molecule has 0 nitrogen and oxygen atoms in total. The standard InChI is InChI=1S/C12H13ClSe/c1-12(2,3)11-10(13)8-6-4-5-7-9(8)14-11/h4-7H,1-3H3. The van der Waals surface area contributed by atoms with Gasteiger partial charge >= 0.3 is 95.7 Å². The number of hydrogen-bond acceptors (Lipinski definition) is 0. The molecule has 0 unspecified atom stereocenters. The predicted octanol–water partition coefficient (Wildman–Crippen LogP) is 3.85. The van der Waals surface area contributed by atoms with Crippen LogP contribution in [-0.4, -0.2) is 14.5 Å². The van der Waals surface area contributed by atoms with E-state index >= 15 is 0 Å². The summed E-state index contributed by atoms with van der Waals surface area (Å²) in [5.41, 5.74) is 0.204. The molecule has 1 aromatic carbocycles. The van der Waals surface area contributed by atoms with Gasteiger partial charge in [0.05, 0.1) is 0 Å². The fourth-order valence-corrected chi connectivity index (χ4v) is 4.69. The minimum atomic E-state index is 0.204. The third-order valence-electron chi connectivity index (χ3n) is 2.22. The Morgan fingerprint density at radius 2 is 1.79 bits per heavy atom. The van der Waals surface area contributed by atoms with Gasteiger partial charge in [0.25, 0.3) is 0 Å². The summed E-state index contributed by atoms with van der Waals surface area (Å²) in [5, 5.41) is 2.24. The van der Waals surface area contributed by atoms with Gasteiger partial charge < -0.3 is 0 Å². The summed E-state index contributed by atoms with van der Waals surface area (Å²) < 4.78 is 2.85. The number of hydrogen-bond donors (Lipinski definition) is 0. The van der Waals surface area contributed by atoms with Crippen LogP contribution in [-0.2, 0) is 5.41 Å². The Balaban J connectivity index is 2.75. The van der Waals surface area contributed by atoms with Gasteiger partial charge in [-0.15, -0.1) is 0 Å². The number of halogens is 1. The van der Waals surface area contributed by atoms with E-state index in [0.717, 1.165) is 5.02 Å². The molecule has 0 saturated carbocycles. The molecule has 2 rings (SSSR count). The van der Waals surface area contributed by atoms with Crippen LogP contribution >= 0.6 is 11.6 Å². The maximum absolute atomic E-state index is 6.39. The molecule has 0 aliphatic rings. The van der Waals surface area contributed by atoms with Gasteiger partial charge in [-0.25, -0.2) is 0 Å². The maximum atomic E-state index is 6.39. The molecule has 2 heteroatoms. The fraction of sp³-hybridized carbons (Fsp3) is 0.333. The van der Waals surface area contributed by atoms with Crippen molar-refractivity contribution in [1.82, 2.24) is 0 Å². The molecule has 0 aliphatic carbocycles. The summed E-state index contributed by atoms with van der Waals surface area (Å²) in [5.74, 6) is 0. The Morgan fingerprint density at radius 3 is 2.36 bits per heavy atom. The summed E-state index contributed by atoms with van der Waals surface area (Å²) >= 11 is 6.81. The molecule has 0 fully saturated rings. The van der Waals surface area contributed by atoms with Crippen LogP contribution < -0.4 is 0 Å². The van der Waals surface area contributed by atoms with E-state index in [-0.39, 0.29) is 5.41 Å². The van der Waals surface area contributed by atoms with Crippen molar-refractivity contribution in [3.63, 3.8) is 0 Å². The first-order valence-electron chi connectivity index (χ1n) is 4.67. The zero-order chi connectivity index (χ0) is 10.3. The van der Waals surface area contributed by atoms with Crippen molar-refractivity contribution in [3.8, 4) is 0 Å². The van der Waals surface area contributed by atoms with E-state index in [2.05, 4.69) is 45.0 Å².